The van der Waals surface area contributed by atoms with Crippen molar-refractivity contribution in [2.45, 2.75) is 5.16 Å². The summed E-state index contributed by atoms with van der Waals surface area (Å²) < 4.78 is 0. The van der Waals surface area contributed by atoms with Crippen LogP contribution in [0.2, 0.25) is 0 Å². The predicted molar refractivity (Wildman–Crippen MR) is 75.1 cm³/mol. The number of carbonyl (C=O) groups is 2. The van der Waals surface area contributed by atoms with Crippen molar-refractivity contribution >= 4 is 23.7 Å². The topological polar surface area (TPSA) is 99.8 Å². The van der Waals surface area contributed by atoms with E-state index in [0.29, 0.717) is 11.0 Å². The molecule has 1 aromatic heterocycles. The average molecular weight is 291 g/mol. The summed E-state index contributed by atoms with van der Waals surface area (Å²) in [6.07, 6.45) is 0. The van der Waals surface area contributed by atoms with Crippen molar-refractivity contribution < 1.29 is 9.59 Å². The van der Waals surface area contributed by atoms with E-state index in [1.807, 2.05) is 30.3 Å². The van der Waals surface area contributed by atoms with Crippen molar-refractivity contribution in [3.63, 3.8) is 0 Å². The Morgan fingerprint density at radius 2 is 2.05 bits per heavy atom. The smallest absolute Gasteiger partial charge is 0.321 e. The first-order valence-electron chi connectivity index (χ1n) is 5.81. The standard InChI is InChI=1S/C12H13N5O2S/c1-13-11(19)14-9(18)7-20-12-15-10(16-17-12)8-5-3-2-4-6-8/h2-6H,7H2,1H3,(H,15,16,17)(H2,13,14,18,19). The van der Waals surface area contributed by atoms with Gasteiger partial charge in [-0.3, -0.25) is 15.2 Å². The Labute approximate surface area is 119 Å². The van der Waals surface area contributed by atoms with Gasteiger partial charge in [-0.25, -0.2) is 9.78 Å². The fraction of sp³-hybridized carbons (Fsp3) is 0.167. The molecule has 0 unspecified atom stereocenters. The van der Waals surface area contributed by atoms with E-state index in [-0.39, 0.29) is 5.75 Å². The van der Waals surface area contributed by atoms with Crippen molar-refractivity contribution in [1.82, 2.24) is 25.8 Å². The molecule has 0 aliphatic rings. The molecule has 0 aliphatic heterocycles. The maximum Gasteiger partial charge on any atom is 0.321 e. The van der Waals surface area contributed by atoms with Crippen LogP contribution in [0.15, 0.2) is 35.5 Å². The molecule has 3 N–H and O–H groups in total. The number of H-pyrrole nitrogens is 1. The van der Waals surface area contributed by atoms with Gasteiger partial charge >= 0.3 is 6.03 Å². The number of rotatable bonds is 4. The molecule has 2 aromatic rings. The van der Waals surface area contributed by atoms with Crippen LogP contribution in [0, 0.1) is 0 Å². The van der Waals surface area contributed by atoms with Gasteiger partial charge in [0.25, 0.3) is 0 Å². The number of nitrogens with zero attached hydrogens (tertiary/aromatic N) is 2. The molecule has 104 valence electrons. The van der Waals surface area contributed by atoms with Gasteiger partial charge in [0.1, 0.15) is 0 Å². The second-order valence-corrected chi connectivity index (χ2v) is 4.69. The molecular weight excluding hydrogens is 278 g/mol. The lowest BCUT2D eigenvalue weighted by Crippen LogP contribution is -2.38. The third-order valence-corrected chi connectivity index (χ3v) is 3.17. The van der Waals surface area contributed by atoms with Gasteiger partial charge in [-0.15, -0.1) is 5.10 Å². The first-order chi connectivity index (χ1) is 9.69. The lowest BCUT2D eigenvalue weighted by atomic mass is 10.2. The molecule has 0 bridgehead atoms. The molecule has 3 amide bonds. The van der Waals surface area contributed by atoms with Gasteiger partial charge in [0, 0.05) is 12.6 Å². The highest BCUT2D eigenvalue weighted by molar-refractivity contribution is 7.99. The molecule has 0 saturated carbocycles. The number of amides is 3. The van der Waals surface area contributed by atoms with Crippen LogP contribution in [0.5, 0.6) is 0 Å². The molecule has 0 aliphatic carbocycles. The van der Waals surface area contributed by atoms with E-state index in [1.54, 1.807) is 0 Å². The zero-order chi connectivity index (χ0) is 14.4. The minimum atomic E-state index is -0.532. The number of aromatic nitrogens is 3. The van der Waals surface area contributed by atoms with Gasteiger partial charge in [-0.1, -0.05) is 42.1 Å². The SMILES string of the molecule is CNC(=O)NC(=O)CSc1n[nH]c(-c2ccccc2)n1. The Morgan fingerprint density at radius 3 is 2.75 bits per heavy atom. The molecule has 20 heavy (non-hydrogen) atoms. The molecule has 0 fully saturated rings. The molecule has 2 rings (SSSR count). The molecule has 7 nitrogen and oxygen atoms in total. The number of aromatic amines is 1. The number of hydrogen-bond donors (Lipinski definition) is 3. The van der Waals surface area contributed by atoms with E-state index in [4.69, 9.17) is 0 Å². The molecular formula is C12H13N5O2S. The van der Waals surface area contributed by atoms with Crippen LogP contribution in [-0.2, 0) is 4.79 Å². The van der Waals surface area contributed by atoms with E-state index >= 15 is 0 Å². The lowest BCUT2D eigenvalue weighted by molar-refractivity contribution is -0.117. The molecule has 0 spiro atoms. The van der Waals surface area contributed by atoms with Gasteiger partial charge in [-0.2, -0.15) is 0 Å². The normalized spacial score (nSPS) is 10.1. The molecule has 0 radical (unpaired) electrons. The number of thioether (sulfide) groups is 1. The molecule has 0 saturated heterocycles. The summed E-state index contributed by atoms with van der Waals surface area (Å²) in [6, 6.07) is 9.01. The first-order valence-corrected chi connectivity index (χ1v) is 6.80. The first kappa shape index (κ1) is 14.1. The Kier molecular flexibility index (Phi) is 4.72. The van der Waals surface area contributed by atoms with E-state index < -0.39 is 11.9 Å². The van der Waals surface area contributed by atoms with Crippen molar-refractivity contribution in [2.24, 2.45) is 0 Å². The van der Waals surface area contributed by atoms with E-state index in [0.717, 1.165) is 17.3 Å². The zero-order valence-corrected chi connectivity index (χ0v) is 11.5. The van der Waals surface area contributed by atoms with E-state index in [2.05, 4.69) is 25.8 Å². The number of nitrogens with one attached hydrogen (secondary N) is 3. The minimum absolute atomic E-state index is 0.0690. The highest BCUT2D eigenvalue weighted by Crippen LogP contribution is 2.18. The summed E-state index contributed by atoms with van der Waals surface area (Å²) in [5.41, 5.74) is 0.918. The highest BCUT2D eigenvalue weighted by atomic mass is 32.2. The van der Waals surface area contributed by atoms with Gasteiger partial charge in [0.2, 0.25) is 11.1 Å². The van der Waals surface area contributed by atoms with Gasteiger partial charge in [0.15, 0.2) is 5.82 Å². The fourth-order valence-corrected chi connectivity index (χ4v) is 1.99. The highest BCUT2D eigenvalue weighted by Gasteiger charge is 2.10. The monoisotopic (exact) mass is 291 g/mol. The third kappa shape index (κ3) is 3.82. The summed E-state index contributed by atoms with van der Waals surface area (Å²) in [7, 11) is 1.44. The van der Waals surface area contributed by atoms with Gasteiger partial charge in [-0.05, 0) is 0 Å². The van der Waals surface area contributed by atoms with E-state index in [1.165, 1.54) is 7.05 Å². The van der Waals surface area contributed by atoms with Crippen LogP contribution in [0.1, 0.15) is 0 Å². The summed E-state index contributed by atoms with van der Waals surface area (Å²) >= 11 is 1.15. The quantitative estimate of drug-likeness (QED) is 0.730. The summed E-state index contributed by atoms with van der Waals surface area (Å²) in [4.78, 5) is 26.6. The summed E-state index contributed by atoms with van der Waals surface area (Å²) in [5, 5.41) is 11.7. The summed E-state index contributed by atoms with van der Waals surface area (Å²) in [6.45, 7) is 0. The van der Waals surface area contributed by atoms with Gasteiger partial charge in [0.05, 0.1) is 5.75 Å². The maximum atomic E-state index is 11.4. The second-order valence-electron chi connectivity index (χ2n) is 3.75. The largest absolute Gasteiger partial charge is 0.341 e. The molecule has 8 heteroatoms. The Bertz CT molecular complexity index is 599. The Morgan fingerprint density at radius 1 is 1.30 bits per heavy atom. The number of imide groups is 1. The third-order valence-electron chi connectivity index (χ3n) is 2.32. The number of benzene rings is 1. The second kappa shape index (κ2) is 6.71. The Balaban J connectivity index is 1.91. The number of urea groups is 1. The molecule has 0 atom stereocenters. The number of hydrogen-bond acceptors (Lipinski definition) is 5. The van der Waals surface area contributed by atoms with E-state index in [9.17, 15) is 9.59 Å². The van der Waals surface area contributed by atoms with Crippen LogP contribution >= 0.6 is 11.8 Å². The predicted octanol–water partition coefficient (Wildman–Crippen LogP) is 1.02. The van der Waals surface area contributed by atoms with Crippen molar-refractivity contribution in [2.75, 3.05) is 12.8 Å². The average Bonchev–Trinajstić information content (AvgIpc) is 2.95. The fourth-order valence-electron chi connectivity index (χ4n) is 1.39. The number of carbonyl (C=O) groups excluding carboxylic acids is 2. The van der Waals surface area contributed by atoms with Crippen molar-refractivity contribution in [3.8, 4) is 11.4 Å². The zero-order valence-electron chi connectivity index (χ0n) is 10.7. The summed E-state index contributed by atoms with van der Waals surface area (Å²) in [5.74, 6) is 0.305. The van der Waals surface area contributed by atoms with Gasteiger partial charge < -0.3 is 5.32 Å². The maximum absolute atomic E-state index is 11.4. The van der Waals surface area contributed by atoms with Crippen LogP contribution in [0.3, 0.4) is 0 Å². The van der Waals surface area contributed by atoms with Crippen molar-refractivity contribution in [3.05, 3.63) is 30.3 Å². The van der Waals surface area contributed by atoms with Crippen LogP contribution < -0.4 is 10.6 Å². The van der Waals surface area contributed by atoms with Crippen LogP contribution in [-0.4, -0.2) is 39.9 Å². The van der Waals surface area contributed by atoms with Crippen LogP contribution in [0.25, 0.3) is 11.4 Å². The van der Waals surface area contributed by atoms with Crippen molar-refractivity contribution in [1.29, 1.82) is 0 Å². The Hall–Kier alpha value is -2.35. The molecule has 1 heterocycles. The molecule has 1 aromatic carbocycles. The van der Waals surface area contributed by atoms with Crippen LogP contribution in [0.4, 0.5) is 4.79 Å². The lowest BCUT2D eigenvalue weighted by Gasteiger charge is -2.00. The minimum Gasteiger partial charge on any atom is -0.341 e.